The third kappa shape index (κ3) is 3.80. The van der Waals surface area contributed by atoms with E-state index in [0.717, 1.165) is 22.6 Å². The van der Waals surface area contributed by atoms with Crippen molar-refractivity contribution in [1.82, 2.24) is 5.32 Å². The quantitative estimate of drug-likeness (QED) is 0.872. The van der Waals surface area contributed by atoms with Gasteiger partial charge in [0.25, 0.3) is 0 Å². The van der Waals surface area contributed by atoms with Crippen LogP contribution < -0.4 is 15.0 Å². The summed E-state index contributed by atoms with van der Waals surface area (Å²) >= 11 is 6.05. The predicted octanol–water partition coefficient (Wildman–Crippen LogP) is 2.35. The van der Waals surface area contributed by atoms with Gasteiger partial charge in [-0.15, -0.1) is 0 Å². The van der Waals surface area contributed by atoms with E-state index in [2.05, 4.69) is 5.32 Å². The molecule has 0 fully saturated rings. The first-order valence-electron chi connectivity index (χ1n) is 7.79. The number of hydrogen-bond donors (Lipinski definition) is 2. The highest BCUT2D eigenvalue weighted by molar-refractivity contribution is 6.31. The summed E-state index contributed by atoms with van der Waals surface area (Å²) in [7, 11) is 0. The van der Waals surface area contributed by atoms with E-state index in [1.165, 1.54) is 0 Å². The third-order valence-electron chi connectivity index (χ3n) is 3.98. The first-order chi connectivity index (χ1) is 11.7. The van der Waals surface area contributed by atoms with Crippen molar-refractivity contribution in [2.75, 3.05) is 24.6 Å². The molecule has 6 heteroatoms. The number of nitrogens with zero attached hydrogens (tertiary/aromatic N) is 1. The maximum absolute atomic E-state index is 12.3. The van der Waals surface area contributed by atoms with Gasteiger partial charge in [0, 0.05) is 11.6 Å². The fourth-order valence-electron chi connectivity index (χ4n) is 2.72. The zero-order valence-electron chi connectivity index (χ0n) is 13.2. The van der Waals surface area contributed by atoms with E-state index in [-0.39, 0.29) is 19.1 Å². The van der Waals surface area contributed by atoms with Crippen molar-refractivity contribution in [3.63, 3.8) is 0 Å². The SMILES string of the molecule is O=C(CN1CCOc2ccc(Cl)cc21)NCc1ccccc1CO. The lowest BCUT2D eigenvalue weighted by atomic mass is 10.1. The van der Waals surface area contributed by atoms with Crippen LogP contribution in [0.3, 0.4) is 0 Å². The molecule has 1 aliphatic rings. The normalized spacial score (nSPS) is 13.2. The van der Waals surface area contributed by atoms with Crippen LogP contribution in [-0.4, -0.2) is 30.7 Å². The standard InChI is InChI=1S/C18H19ClN2O3/c19-15-5-6-17-16(9-15)21(7-8-24-17)11-18(23)20-10-13-3-1-2-4-14(13)12-22/h1-6,9,22H,7-8,10-12H2,(H,20,23). The molecule has 5 nitrogen and oxygen atoms in total. The molecule has 0 radical (unpaired) electrons. The highest BCUT2D eigenvalue weighted by Crippen LogP contribution is 2.33. The van der Waals surface area contributed by atoms with Crippen molar-refractivity contribution >= 4 is 23.2 Å². The van der Waals surface area contributed by atoms with Crippen molar-refractivity contribution in [3.8, 4) is 5.75 Å². The van der Waals surface area contributed by atoms with Crippen LogP contribution in [0.1, 0.15) is 11.1 Å². The summed E-state index contributed by atoms with van der Waals surface area (Å²) in [5.41, 5.74) is 2.57. The molecule has 0 bridgehead atoms. The molecule has 0 saturated heterocycles. The number of benzene rings is 2. The fourth-order valence-corrected chi connectivity index (χ4v) is 2.88. The highest BCUT2D eigenvalue weighted by Gasteiger charge is 2.20. The molecule has 2 aromatic carbocycles. The molecule has 0 saturated carbocycles. The summed E-state index contributed by atoms with van der Waals surface area (Å²) in [6.07, 6.45) is 0. The second kappa shape index (κ2) is 7.55. The molecule has 1 aliphatic heterocycles. The number of fused-ring (bicyclic) bond motifs is 1. The van der Waals surface area contributed by atoms with Crippen LogP contribution in [0.4, 0.5) is 5.69 Å². The Morgan fingerprint density at radius 2 is 2.04 bits per heavy atom. The van der Waals surface area contributed by atoms with Gasteiger partial charge in [-0.05, 0) is 29.3 Å². The summed E-state index contributed by atoms with van der Waals surface area (Å²) in [5.74, 6) is 0.652. The Hall–Kier alpha value is -2.24. The Bertz CT molecular complexity index is 736. The Morgan fingerprint density at radius 3 is 2.83 bits per heavy atom. The van der Waals surface area contributed by atoms with Crippen molar-refractivity contribution in [1.29, 1.82) is 0 Å². The molecule has 24 heavy (non-hydrogen) atoms. The van der Waals surface area contributed by atoms with Crippen LogP contribution in [0.2, 0.25) is 5.02 Å². The van der Waals surface area contributed by atoms with Gasteiger partial charge in [-0.3, -0.25) is 4.79 Å². The molecule has 0 spiro atoms. The Kier molecular flexibility index (Phi) is 5.23. The molecular formula is C18H19ClN2O3. The molecule has 1 heterocycles. The topological polar surface area (TPSA) is 61.8 Å². The van der Waals surface area contributed by atoms with E-state index in [9.17, 15) is 9.90 Å². The van der Waals surface area contributed by atoms with E-state index in [1.807, 2.05) is 41.3 Å². The molecule has 0 aromatic heterocycles. The number of carbonyl (C=O) groups is 1. The summed E-state index contributed by atoms with van der Waals surface area (Å²) in [6, 6.07) is 12.9. The van der Waals surface area contributed by atoms with Crippen LogP contribution in [0.5, 0.6) is 5.75 Å². The number of anilines is 1. The van der Waals surface area contributed by atoms with Gasteiger partial charge in [-0.2, -0.15) is 0 Å². The van der Waals surface area contributed by atoms with E-state index in [1.54, 1.807) is 6.07 Å². The first kappa shape index (κ1) is 16.6. The maximum Gasteiger partial charge on any atom is 0.239 e. The minimum atomic E-state index is -0.0874. The van der Waals surface area contributed by atoms with Crippen LogP contribution >= 0.6 is 11.6 Å². The van der Waals surface area contributed by atoms with Gasteiger partial charge in [0.15, 0.2) is 0 Å². The maximum atomic E-state index is 12.3. The molecule has 2 aromatic rings. The van der Waals surface area contributed by atoms with Gasteiger partial charge in [0.05, 0.1) is 25.4 Å². The van der Waals surface area contributed by atoms with Crippen molar-refractivity contribution in [2.45, 2.75) is 13.2 Å². The molecule has 2 N–H and O–H groups in total. The summed E-state index contributed by atoms with van der Waals surface area (Å²) < 4.78 is 5.59. The summed E-state index contributed by atoms with van der Waals surface area (Å²) in [4.78, 5) is 14.2. The zero-order valence-corrected chi connectivity index (χ0v) is 13.9. The molecule has 126 valence electrons. The Labute approximate surface area is 145 Å². The minimum absolute atomic E-state index is 0.0403. The number of nitrogens with one attached hydrogen (secondary N) is 1. The predicted molar refractivity (Wildman–Crippen MR) is 93.4 cm³/mol. The van der Waals surface area contributed by atoms with Crippen LogP contribution in [0.25, 0.3) is 0 Å². The van der Waals surface area contributed by atoms with E-state index >= 15 is 0 Å². The van der Waals surface area contributed by atoms with Crippen molar-refractivity contribution in [2.24, 2.45) is 0 Å². The van der Waals surface area contributed by atoms with Crippen LogP contribution in [0, 0.1) is 0 Å². The lowest BCUT2D eigenvalue weighted by Gasteiger charge is -2.30. The van der Waals surface area contributed by atoms with Gasteiger partial charge < -0.3 is 20.1 Å². The van der Waals surface area contributed by atoms with Crippen molar-refractivity contribution in [3.05, 3.63) is 58.6 Å². The largest absolute Gasteiger partial charge is 0.490 e. The van der Waals surface area contributed by atoms with Crippen LogP contribution in [0.15, 0.2) is 42.5 Å². The van der Waals surface area contributed by atoms with Gasteiger partial charge >= 0.3 is 0 Å². The smallest absolute Gasteiger partial charge is 0.239 e. The average molecular weight is 347 g/mol. The summed E-state index contributed by atoms with van der Waals surface area (Å²) in [5, 5.41) is 12.8. The molecule has 0 atom stereocenters. The number of ether oxygens (including phenoxy) is 1. The monoisotopic (exact) mass is 346 g/mol. The number of rotatable bonds is 5. The highest BCUT2D eigenvalue weighted by atomic mass is 35.5. The third-order valence-corrected chi connectivity index (χ3v) is 4.21. The van der Waals surface area contributed by atoms with Gasteiger partial charge in [0.1, 0.15) is 12.4 Å². The minimum Gasteiger partial charge on any atom is -0.490 e. The summed E-state index contributed by atoms with van der Waals surface area (Å²) in [6.45, 7) is 1.75. The molecule has 0 aliphatic carbocycles. The molecule has 0 unspecified atom stereocenters. The first-order valence-corrected chi connectivity index (χ1v) is 8.17. The number of aliphatic hydroxyl groups excluding tert-OH is 1. The average Bonchev–Trinajstić information content (AvgIpc) is 2.60. The number of carbonyl (C=O) groups excluding carboxylic acids is 1. The van der Waals surface area contributed by atoms with Gasteiger partial charge in [-0.25, -0.2) is 0 Å². The number of aliphatic hydroxyl groups is 1. The Balaban J connectivity index is 1.63. The van der Waals surface area contributed by atoms with E-state index < -0.39 is 0 Å². The van der Waals surface area contributed by atoms with E-state index in [4.69, 9.17) is 16.3 Å². The lowest BCUT2D eigenvalue weighted by Crippen LogP contribution is -2.41. The molecule has 3 rings (SSSR count). The lowest BCUT2D eigenvalue weighted by molar-refractivity contribution is -0.120. The second-order valence-electron chi connectivity index (χ2n) is 5.59. The van der Waals surface area contributed by atoms with Gasteiger partial charge in [0.2, 0.25) is 5.91 Å². The van der Waals surface area contributed by atoms with Crippen LogP contribution in [-0.2, 0) is 17.9 Å². The fraction of sp³-hybridized carbons (Fsp3) is 0.278. The zero-order chi connectivity index (χ0) is 16.9. The number of halogens is 1. The number of amides is 1. The molecular weight excluding hydrogens is 328 g/mol. The number of hydrogen-bond acceptors (Lipinski definition) is 4. The van der Waals surface area contributed by atoms with Crippen molar-refractivity contribution < 1.29 is 14.6 Å². The Morgan fingerprint density at radius 1 is 1.25 bits per heavy atom. The second-order valence-corrected chi connectivity index (χ2v) is 6.02. The molecule has 1 amide bonds. The van der Waals surface area contributed by atoms with Gasteiger partial charge in [-0.1, -0.05) is 35.9 Å². The van der Waals surface area contributed by atoms with E-state index in [0.29, 0.717) is 24.7 Å².